The molecule has 1 aromatic carbocycles. The van der Waals surface area contributed by atoms with Crippen molar-refractivity contribution >= 4 is 23.7 Å². The molecule has 2 N–H and O–H groups in total. The summed E-state index contributed by atoms with van der Waals surface area (Å²) in [4.78, 5) is 24.5. The maximum Gasteiger partial charge on any atom is 0.317 e. The molecule has 5 nitrogen and oxygen atoms in total. The standard InChI is InChI=1S/C15H20FN3O2S/c16-13-5-2-1-4-12(13)11-22-9-3-6-18-15(21)19-8-7-17-14(20)10-19/h1-2,4-5H,3,6-11H2,(H,17,20)(H,18,21). The summed E-state index contributed by atoms with van der Waals surface area (Å²) in [5, 5.41) is 5.48. The SMILES string of the molecule is O=C1CN(C(=O)NCCCSCc2ccccc2F)CCN1. The monoisotopic (exact) mass is 325 g/mol. The number of rotatable bonds is 6. The van der Waals surface area contributed by atoms with Crippen LogP contribution in [0.2, 0.25) is 0 Å². The van der Waals surface area contributed by atoms with E-state index in [1.165, 1.54) is 11.0 Å². The quantitative estimate of drug-likeness (QED) is 0.781. The highest BCUT2D eigenvalue weighted by atomic mass is 32.2. The van der Waals surface area contributed by atoms with E-state index in [0.717, 1.165) is 12.2 Å². The molecule has 0 bridgehead atoms. The van der Waals surface area contributed by atoms with E-state index in [0.29, 0.717) is 31.0 Å². The maximum atomic E-state index is 13.4. The summed E-state index contributed by atoms with van der Waals surface area (Å²) >= 11 is 1.64. The molecule has 1 aromatic rings. The number of urea groups is 1. The Morgan fingerprint density at radius 3 is 3.00 bits per heavy atom. The molecule has 1 aliphatic rings. The van der Waals surface area contributed by atoms with E-state index in [-0.39, 0.29) is 24.3 Å². The van der Waals surface area contributed by atoms with Crippen LogP contribution >= 0.6 is 11.8 Å². The highest BCUT2D eigenvalue weighted by molar-refractivity contribution is 7.98. The van der Waals surface area contributed by atoms with Gasteiger partial charge in [0.15, 0.2) is 0 Å². The first-order chi connectivity index (χ1) is 10.7. The molecule has 0 spiro atoms. The number of amides is 3. The second-order valence-electron chi connectivity index (χ2n) is 5.00. The van der Waals surface area contributed by atoms with Gasteiger partial charge in [0.2, 0.25) is 5.91 Å². The zero-order valence-electron chi connectivity index (χ0n) is 12.3. The Hall–Kier alpha value is -1.76. The molecule has 1 fully saturated rings. The van der Waals surface area contributed by atoms with Crippen LogP contribution in [0.1, 0.15) is 12.0 Å². The average Bonchev–Trinajstić information content (AvgIpc) is 2.52. The minimum atomic E-state index is -0.200. The molecule has 0 saturated carbocycles. The van der Waals surface area contributed by atoms with Crippen LogP contribution in [0.4, 0.5) is 9.18 Å². The topological polar surface area (TPSA) is 61.4 Å². The van der Waals surface area contributed by atoms with Crippen molar-refractivity contribution in [2.45, 2.75) is 12.2 Å². The van der Waals surface area contributed by atoms with Gasteiger partial charge in [-0.2, -0.15) is 11.8 Å². The predicted octanol–water partition coefficient (Wildman–Crippen LogP) is 1.59. The fourth-order valence-corrected chi connectivity index (χ4v) is 3.04. The van der Waals surface area contributed by atoms with Gasteiger partial charge in [-0.3, -0.25) is 4.79 Å². The normalized spacial score (nSPS) is 14.6. The number of carbonyl (C=O) groups is 2. The van der Waals surface area contributed by atoms with Gasteiger partial charge in [-0.15, -0.1) is 0 Å². The fourth-order valence-electron chi connectivity index (χ4n) is 2.09. The van der Waals surface area contributed by atoms with Crippen molar-refractivity contribution in [1.82, 2.24) is 15.5 Å². The number of thioether (sulfide) groups is 1. The second-order valence-corrected chi connectivity index (χ2v) is 6.11. The van der Waals surface area contributed by atoms with Gasteiger partial charge in [0.05, 0.1) is 0 Å². The molecule has 1 saturated heterocycles. The van der Waals surface area contributed by atoms with Crippen molar-refractivity contribution in [3.8, 4) is 0 Å². The van der Waals surface area contributed by atoms with E-state index in [1.54, 1.807) is 23.9 Å². The van der Waals surface area contributed by atoms with Gasteiger partial charge in [0, 0.05) is 25.4 Å². The summed E-state index contributed by atoms with van der Waals surface area (Å²) in [5.41, 5.74) is 0.705. The third-order valence-corrected chi connectivity index (χ3v) is 4.38. The Labute approximate surface area is 133 Å². The van der Waals surface area contributed by atoms with Crippen molar-refractivity contribution < 1.29 is 14.0 Å². The largest absolute Gasteiger partial charge is 0.353 e. The number of hydrogen-bond acceptors (Lipinski definition) is 3. The van der Waals surface area contributed by atoms with E-state index < -0.39 is 0 Å². The molecule has 1 aliphatic heterocycles. The number of halogens is 1. The number of carbonyl (C=O) groups excluding carboxylic acids is 2. The molecule has 2 rings (SSSR count). The van der Waals surface area contributed by atoms with Crippen LogP contribution in [0.25, 0.3) is 0 Å². The number of benzene rings is 1. The number of nitrogens with one attached hydrogen (secondary N) is 2. The molecule has 0 unspecified atom stereocenters. The van der Waals surface area contributed by atoms with Crippen molar-refractivity contribution in [1.29, 1.82) is 0 Å². The van der Waals surface area contributed by atoms with E-state index in [1.807, 2.05) is 6.07 Å². The lowest BCUT2D eigenvalue weighted by atomic mass is 10.2. The first-order valence-corrected chi connectivity index (χ1v) is 8.43. The van der Waals surface area contributed by atoms with Crippen LogP contribution in [-0.4, -0.2) is 48.8 Å². The van der Waals surface area contributed by atoms with Gasteiger partial charge in [-0.1, -0.05) is 18.2 Å². The fraction of sp³-hybridized carbons (Fsp3) is 0.467. The third kappa shape index (κ3) is 5.22. The van der Waals surface area contributed by atoms with E-state index in [2.05, 4.69) is 10.6 Å². The lowest BCUT2D eigenvalue weighted by Gasteiger charge is -2.26. The van der Waals surface area contributed by atoms with Gasteiger partial charge in [0.1, 0.15) is 12.4 Å². The Bertz CT molecular complexity index is 527. The van der Waals surface area contributed by atoms with Crippen LogP contribution in [0.5, 0.6) is 0 Å². The molecular weight excluding hydrogens is 305 g/mol. The molecular formula is C15H20FN3O2S. The Balaban J connectivity index is 1.56. The molecule has 120 valence electrons. The van der Waals surface area contributed by atoms with Crippen LogP contribution in [-0.2, 0) is 10.5 Å². The maximum absolute atomic E-state index is 13.4. The van der Waals surface area contributed by atoms with Crippen molar-refractivity contribution in [3.63, 3.8) is 0 Å². The van der Waals surface area contributed by atoms with Crippen molar-refractivity contribution in [3.05, 3.63) is 35.6 Å². The average molecular weight is 325 g/mol. The summed E-state index contributed by atoms with van der Waals surface area (Å²) in [6.45, 7) is 1.72. The minimum absolute atomic E-state index is 0.119. The highest BCUT2D eigenvalue weighted by Gasteiger charge is 2.20. The summed E-state index contributed by atoms with van der Waals surface area (Å²) in [5.74, 6) is 1.18. The Morgan fingerprint density at radius 2 is 2.23 bits per heavy atom. The smallest absolute Gasteiger partial charge is 0.317 e. The van der Waals surface area contributed by atoms with E-state index in [9.17, 15) is 14.0 Å². The first kappa shape index (κ1) is 16.6. The van der Waals surface area contributed by atoms with Crippen LogP contribution in [0, 0.1) is 5.82 Å². The van der Waals surface area contributed by atoms with Gasteiger partial charge in [-0.25, -0.2) is 9.18 Å². The predicted molar refractivity (Wildman–Crippen MR) is 85.2 cm³/mol. The van der Waals surface area contributed by atoms with Crippen molar-refractivity contribution in [2.24, 2.45) is 0 Å². The van der Waals surface area contributed by atoms with Gasteiger partial charge < -0.3 is 15.5 Å². The van der Waals surface area contributed by atoms with Gasteiger partial charge in [-0.05, 0) is 23.8 Å². The van der Waals surface area contributed by atoms with E-state index in [4.69, 9.17) is 0 Å². The minimum Gasteiger partial charge on any atom is -0.353 e. The first-order valence-electron chi connectivity index (χ1n) is 7.27. The van der Waals surface area contributed by atoms with Gasteiger partial charge >= 0.3 is 6.03 Å². The Morgan fingerprint density at radius 1 is 1.41 bits per heavy atom. The second kappa shape index (κ2) is 8.63. The van der Waals surface area contributed by atoms with Crippen LogP contribution in [0.3, 0.4) is 0 Å². The lowest BCUT2D eigenvalue weighted by molar-refractivity contribution is -0.123. The molecule has 0 radical (unpaired) electrons. The van der Waals surface area contributed by atoms with Crippen LogP contribution < -0.4 is 10.6 Å². The zero-order valence-corrected chi connectivity index (χ0v) is 13.1. The molecule has 7 heteroatoms. The summed E-state index contributed by atoms with van der Waals surface area (Å²) < 4.78 is 13.4. The molecule has 0 aliphatic carbocycles. The molecule has 22 heavy (non-hydrogen) atoms. The highest BCUT2D eigenvalue weighted by Crippen LogP contribution is 2.15. The number of nitrogens with zero attached hydrogens (tertiary/aromatic N) is 1. The summed E-state index contributed by atoms with van der Waals surface area (Å²) in [6, 6.07) is 6.55. The molecule has 0 atom stereocenters. The number of hydrogen-bond donors (Lipinski definition) is 2. The van der Waals surface area contributed by atoms with Crippen LogP contribution in [0.15, 0.2) is 24.3 Å². The molecule has 3 amide bonds. The Kier molecular flexibility index (Phi) is 6.51. The van der Waals surface area contributed by atoms with Crippen molar-refractivity contribution in [2.75, 3.05) is 31.9 Å². The van der Waals surface area contributed by atoms with Gasteiger partial charge in [0.25, 0.3) is 0 Å². The third-order valence-electron chi connectivity index (χ3n) is 3.28. The van der Waals surface area contributed by atoms with E-state index >= 15 is 0 Å². The summed E-state index contributed by atoms with van der Waals surface area (Å²) in [7, 11) is 0. The summed E-state index contributed by atoms with van der Waals surface area (Å²) in [6.07, 6.45) is 0.810. The number of piperazine rings is 1. The molecule has 0 aromatic heterocycles. The lowest BCUT2D eigenvalue weighted by Crippen LogP contribution is -2.53. The molecule has 1 heterocycles. The zero-order chi connectivity index (χ0) is 15.8.